The smallest absolute Gasteiger partial charge is 0.290 e. The Bertz CT molecular complexity index is 351. The van der Waals surface area contributed by atoms with Crippen molar-refractivity contribution in [1.82, 2.24) is 20.5 Å². The molecule has 1 aromatic rings. The van der Waals surface area contributed by atoms with Gasteiger partial charge in [0.25, 0.3) is 5.91 Å². The van der Waals surface area contributed by atoms with Crippen LogP contribution in [0.1, 0.15) is 29.8 Å². The molecule has 1 amide bonds. The summed E-state index contributed by atoms with van der Waals surface area (Å²) in [7, 11) is 0. The highest BCUT2D eigenvalue weighted by Gasteiger charge is 2.10. The lowest BCUT2D eigenvalue weighted by Crippen LogP contribution is -2.25. The summed E-state index contributed by atoms with van der Waals surface area (Å²) in [5, 5.41) is 17.2. The number of hydrogen-bond acceptors (Lipinski definition) is 4. The maximum atomic E-state index is 11.3. The first-order valence-corrected chi connectivity index (χ1v) is 4.34. The van der Waals surface area contributed by atoms with Gasteiger partial charge in [-0.1, -0.05) is 6.92 Å². The highest BCUT2D eigenvalue weighted by molar-refractivity contribution is 5.90. The minimum absolute atomic E-state index is 0.125. The molecule has 0 bridgehead atoms. The van der Waals surface area contributed by atoms with Crippen molar-refractivity contribution in [3.8, 4) is 6.07 Å². The van der Waals surface area contributed by atoms with E-state index >= 15 is 0 Å². The molecule has 0 aliphatic heterocycles. The predicted octanol–water partition coefficient (Wildman–Crippen LogP) is 0.0106. The van der Waals surface area contributed by atoms with Gasteiger partial charge in [0.05, 0.1) is 12.5 Å². The van der Waals surface area contributed by atoms with Crippen molar-refractivity contribution < 1.29 is 4.79 Å². The van der Waals surface area contributed by atoms with E-state index in [0.29, 0.717) is 18.8 Å². The van der Waals surface area contributed by atoms with Gasteiger partial charge in [-0.15, -0.1) is 5.10 Å². The number of hydrogen-bond donors (Lipinski definition) is 2. The number of nitrogens with one attached hydrogen (secondary N) is 2. The minimum atomic E-state index is -0.351. The van der Waals surface area contributed by atoms with Crippen molar-refractivity contribution in [2.24, 2.45) is 0 Å². The van der Waals surface area contributed by atoms with Gasteiger partial charge in [-0.2, -0.15) is 5.26 Å². The van der Waals surface area contributed by atoms with Gasteiger partial charge in [0.15, 0.2) is 0 Å². The Kier molecular flexibility index (Phi) is 3.61. The highest BCUT2D eigenvalue weighted by atomic mass is 16.2. The van der Waals surface area contributed by atoms with Crippen LogP contribution in [0.25, 0.3) is 0 Å². The molecule has 0 saturated heterocycles. The molecule has 0 atom stereocenters. The summed E-state index contributed by atoms with van der Waals surface area (Å²) in [5.41, 5.74) is 0. The molecule has 0 aliphatic rings. The third kappa shape index (κ3) is 2.55. The lowest BCUT2D eigenvalue weighted by Gasteiger charge is -1.96. The first-order valence-electron chi connectivity index (χ1n) is 4.34. The molecule has 74 valence electrons. The number of amides is 1. The standard InChI is InChI=1S/C8H11N5O/c1-2-6-11-7(13-12-6)8(14)10-5-3-4-9/h2-3,5H2,1H3,(H,10,14)(H,11,12,13). The molecule has 0 radical (unpaired) electrons. The van der Waals surface area contributed by atoms with Gasteiger partial charge in [-0.25, -0.2) is 4.98 Å². The van der Waals surface area contributed by atoms with Crippen molar-refractivity contribution in [3.05, 3.63) is 11.6 Å². The third-order valence-electron chi connectivity index (χ3n) is 1.59. The maximum Gasteiger partial charge on any atom is 0.290 e. The van der Waals surface area contributed by atoms with E-state index in [-0.39, 0.29) is 18.2 Å². The van der Waals surface area contributed by atoms with Gasteiger partial charge in [0, 0.05) is 13.0 Å². The van der Waals surface area contributed by atoms with Crippen LogP contribution in [0.2, 0.25) is 0 Å². The average Bonchev–Trinajstić information content (AvgIpc) is 2.66. The second-order valence-corrected chi connectivity index (χ2v) is 2.62. The highest BCUT2D eigenvalue weighted by Crippen LogP contribution is 1.92. The molecule has 0 aliphatic carbocycles. The lowest BCUT2D eigenvalue weighted by atomic mass is 10.4. The summed E-state index contributed by atoms with van der Waals surface area (Å²) in [4.78, 5) is 15.2. The number of nitriles is 1. The number of aryl methyl sites for hydroxylation is 1. The van der Waals surface area contributed by atoms with E-state index < -0.39 is 0 Å². The van der Waals surface area contributed by atoms with Crippen molar-refractivity contribution in [2.75, 3.05) is 6.54 Å². The minimum Gasteiger partial charge on any atom is -0.348 e. The van der Waals surface area contributed by atoms with Crippen LogP contribution in [0.5, 0.6) is 0 Å². The van der Waals surface area contributed by atoms with Crippen LogP contribution in [0, 0.1) is 11.3 Å². The van der Waals surface area contributed by atoms with E-state index in [1.54, 1.807) is 0 Å². The van der Waals surface area contributed by atoms with E-state index in [1.807, 2.05) is 13.0 Å². The first-order chi connectivity index (χ1) is 6.77. The van der Waals surface area contributed by atoms with Crippen LogP contribution >= 0.6 is 0 Å². The monoisotopic (exact) mass is 193 g/mol. The summed E-state index contributed by atoms with van der Waals surface area (Å²) in [5.74, 6) is 0.450. The molecule has 2 N–H and O–H groups in total. The van der Waals surface area contributed by atoms with Crippen molar-refractivity contribution >= 4 is 5.91 Å². The van der Waals surface area contributed by atoms with Crippen LogP contribution < -0.4 is 5.32 Å². The zero-order valence-corrected chi connectivity index (χ0v) is 7.87. The Labute approximate surface area is 81.3 Å². The summed E-state index contributed by atoms with van der Waals surface area (Å²) < 4.78 is 0. The van der Waals surface area contributed by atoms with E-state index in [1.165, 1.54) is 0 Å². The van der Waals surface area contributed by atoms with Crippen LogP contribution in [0.4, 0.5) is 0 Å². The van der Waals surface area contributed by atoms with Gasteiger partial charge >= 0.3 is 0 Å². The van der Waals surface area contributed by atoms with E-state index in [0.717, 1.165) is 0 Å². The average molecular weight is 193 g/mol. The number of rotatable bonds is 4. The third-order valence-corrected chi connectivity index (χ3v) is 1.59. The molecule has 14 heavy (non-hydrogen) atoms. The van der Waals surface area contributed by atoms with Gasteiger partial charge < -0.3 is 5.32 Å². The summed E-state index contributed by atoms with van der Waals surface area (Å²) in [6, 6.07) is 1.93. The number of carbonyl (C=O) groups is 1. The summed E-state index contributed by atoms with van der Waals surface area (Å²) in [6.07, 6.45) is 0.995. The Balaban J connectivity index is 2.48. The molecule has 0 spiro atoms. The fourth-order valence-corrected chi connectivity index (χ4v) is 0.866. The first kappa shape index (κ1) is 10.2. The number of nitrogens with zero attached hydrogens (tertiary/aromatic N) is 3. The fraction of sp³-hybridized carbons (Fsp3) is 0.500. The molecular weight excluding hydrogens is 182 g/mol. The SMILES string of the molecule is CCc1nc(C(=O)NCCC#N)n[nH]1. The number of carbonyl (C=O) groups excluding carboxylic acids is 1. The molecule has 0 fully saturated rings. The quantitative estimate of drug-likeness (QED) is 0.658. The lowest BCUT2D eigenvalue weighted by molar-refractivity contribution is 0.0944. The summed E-state index contributed by atoms with van der Waals surface area (Å²) in [6.45, 7) is 2.24. The number of aromatic nitrogens is 3. The Morgan fingerprint density at radius 2 is 2.50 bits per heavy atom. The van der Waals surface area contributed by atoms with Crippen molar-refractivity contribution in [3.63, 3.8) is 0 Å². The molecule has 0 aromatic carbocycles. The van der Waals surface area contributed by atoms with Gasteiger partial charge in [0.1, 0.15) is 5.82 Å². The molecular formula is C8H11N5O. The zero-order valence-electron chi connectivity index (χ0n) is 7.87. The Hall–Kier alpha value is -1.90. The van der Waals surface area contributed by atoms with Gasteiger partial charge in [-0.05, 0) is 0 Å². The molecule has 0 unspecified atom stereocenters. The van der Waals surface area contributed by atoms with Crippen molar-refractivity contribution in [2.45, 2.75) is 19.8 Å². The van der Waals surface area contributed by atoms with Crippen LogP contribution in [0.15, 0.2) is 0 Å². The van der Waals surface area contributed by atoms with Gasteiger partial charge in [0.2, 0.25) is 5.82 Å². The Morgan fingerprint density at radius 1 is 1.71 bits per heavy atom. The van der Waals surface area contributed by atoms with Crippen LogP contribution in [-0.2, 0) is 6.42 Å². The zero-order chi connectivity index (χ0) is 10.4. The van der Waals surface area contributed by atoms with Gasteiger partial charge in [-0.3, -0.25) is 9.89 Å². The normalized spacial score (nSPS) is 9.43. The number of aromatic amines is 1. The van der Waals surface area contributed by atoms with E-state index in [4.69, 9.17) is 5.26 Å². The second kappa shape index (κ2) is 4.97. The summed E-state index contributed by atoms with van der Waals surface area (Å²) >= 11 is 0. The topological polar surface area (TPSA) is 94.5 Å². The second-order valence-electron chi connectivity index (χ2n) is 2.62. The largest absolute Gasteiger partial charge is 0.348 e. The fourth-order valence-electron chi connectivity index (χ4n) is 0.866. The van der Waals surface area contributed by atoms with Crippen LogP contribution in [-0.4, -0.2) is 27.6 Å². The maximum absolute atomic E-state index is 11.3. The van der Waals surface area contributed by atoms with E-state index in [9.17, 15) is 4.79 Å². The molecule has 6 nitrogen and oxygen atoms in total. The molecule has 1 aromatic heterocycles. The van der Waals surface area contributed by atoms with E-state index in [2.05, 4.69) is 20.5 Å². The van der Waals surface area contributed by atoms with Crippen LogP contribution in [0.3, 0.4) is 0 Å². The molecule has 6 heteroatoms. The van der Waals surface area contributed by atoms with Crippen molar-refractivity contribution in [1.29, 1.82) is 5.26 Å². The Morgan fingerprint density at radius 3 is 3.07 bits per heavy atom. The molecule has 0 saturated carbocycles. The molecule has 1 heterocycles. The predicted molar refractivity (Wildman–Crippen MR) is 48.3 cm³/mol. The molecule has 1 rings (SSSR count). The number of H-pyrrole nitrogens is 1.